The summed E-state index contributed by atoms with van der Waals surface area (Å²) in [6.45, 7) is 2.51. The summed E-state index contributed by atoms with van der Waals surface area (Å²) in [5.41, 5.74) is 1.07. The smallest absolute Gasteiger partial charge is 0.274 e. The molecule has 1 atom stereocenters. The molecular formula is C13H17N3O3. The highest BCUT2D eigenvalue weighted by Gasteiger charge is 2.21. The van der Waals surface area contributed by atoms with E-state index < -0.39 is 4.92 Å². The van der Waals surface area contributed by atoms with E-state index in [4.69, 9.17) is 0 Å². The van der Waals surface area contributed by atoms with Crippen molar-refractivity contribution < 1.29 is 9.72 Å². The van der Waals surface area contributed by atoms with Gasteiger partial charge in [-0.1, -0.05) is 12.5 Å². The van der Waals surface area contributed by atoms with Crippen LogP contribution in [-0.4, -0.2) is 23.4 Å². The lowest BCUT2D eigenvalue weighted by Crippen LogP contribution is -2.43. The first-order chi connectivity index (χ1) is 9.08. The maximum atomic E-state index is 12.0. The zero-order valence-electron chi connectivity index (χ0n) is 10.8. The lowest BCUT2D eigenvalue weighted by atomic mass is 10.0. The molecule has 0 aliphatic carbocycles. The van der Waals surface area contributed by atoms with E-state index in [1.807, 2.05) is 0 Å². The van der Waals surface area contributed by atoms with E-state index >= 15 is 0 Å². The van der Waals surface area contributed by atoms with Crippen LogP contribution in [-0.2, 0) is 4.79 Å². The fourth-order valence-electron chi connectivity index (χ4n) is 2.19. The number of rotatable bonds is 3. The third-order valence-electron chi connectivity index (χ3n) is 3.30. The number of nitro groups is 1. The van der Waals surface area contributed by atoms with E-state index in [2.05, 4.69) is 10.6 Å². The van der Waals surface area contributed by atoms with Gasteiger partial charge < -0.3 is 10.6 Å². The quantitative estimate of drug-likeness (QED) is 0.645. The Bertz CT molecular complexity index is 496. The molecule has 1 amide bonds. The van der Waals surface area contributed by atoms with Crippen molar-refractivity contribution in [3.05, 3.63) is 33.9 Å². The summed E-state index contributed by atoms with van der Waals surface area (Å²) in [5.74, 6) is -0.127. The van der Waals surface area contributed by atoms with Crippen molar-refractivity contribution in [2.45, 2.75) is 32.2 Å². The normalized spacial score (nSPS) is 18.9. The van der Waals surface area contributed by atoms with Crippen molar-refractivity contribution in [1.82, 2.24) is 5.32 Å². The predicted octanol–water partition coefficient (Wildman–Crippen LogP) is 1.98. The van der Waals surface area contributed by atoms with Crippen molar-refractivity contribution in [3.63, 3.8) is 0 Å². The summed E-state index contributed by atoms with van der Waals surface area (Å²) in [6, 6.07) is 4.52. The Morgan fingerprint density at radius 3 is 2.89 bits per heavy atom. The van der Waals surface area contributed by atoms with Crippen LogP contribution in [0.1, 0.15) is 24.8 Å². The van der Waals surface area contributed by atoms with Crippen LogP contribution in [0.4, 0.5) is 11.4 Å². The molecule has 1 fully saturated rings. The maximum Gasteiger partial charge on any atom is 0.274 e. The third-order valence-corrected chi connectivity index (χ3v) is 3.30. The molecule has 0 spiro atoms. The largest absolute Gasteiger partial charge is 0.324 e. The molecule has 1 saturated heterocycles. The first-order valence-corrected chi connectivity index (χ1v) is 6.37. The van der Waals surface area contributed by atoms with Crippen LogP contribution in [0.5, 0.6) is 0 Å². The van der Waals surface area contributed by atoms with Crippen LogP contribution in [0.15, 0.2) is 18.2 Å². The summed E-state index contributed by atoms with van der Waals surface area (Å²) >= 11 is 0. The molecule has 2 rings (SSSR count). The molecule has 2 N–H and O–H groups in total. The molecule has 0 aromatic heterocycles. The number of carbonyl (C=O) groups excluding carboxylic acids is 1. The molecule has 102 valence electrons. The highest BCUT2D eigenvalue weighted by atomic mass is 16.6. The number of nitrogens with one attached hydrogen (secondary N) is 2. The monoisotopic (exact) mass is 263 g/mol. The van der Waals surface area contributed by atoms with E-state index in [0.29, 0.717) is 11.3 Å². The number of carbonyl (C=O) groups is 1. The molecule has 0 unspecified atom stereocenters. The number of nitro benzene ring substituents is 1. The summed E-state index contributed by atoms with van der Waals surface area (Å²) in [5, 5.41) is 16.7. The minimum atomic E-state index is -0.441. The van der Waals surface area contributed by atoms with Crippen molar-refractivity contribution in [3.8, 4) is 0 Å². The molecule has 1 aromatic rings. The Hall–Kier alpha value is -1.95. The minimum Gasteiger partial charge on any atom is -0.324 e. The number of anilines is 1. The first-order valence-electron chi connectivity index (χ1n) is 6.37. The molecule has 1 aliphatic rings. The Balaban J connectivity index is 2.08. The average molecular weight is 263 g/mol. The number of benzene rings is 1. The van der Waals surface area contributed by atoms with Gasteiger partial charge in [0.1, 0.15) is 0 Å². The molecule has 19 heavy (non-hydrogen) atoms. The van der Waals surface area contributed by atoms with Gasteiger partial charge in [-0.3, -0.25) is 14.9 Å². The maximum absolute atomic E-state index is 12.0. The Kier molecular flexibility index (Phi) is 4.11. The van der Waals surface area contributed by atoms with Gasteiger partial charge in [0.2, 0.25) is 5.91 Å². The van der Waals surface area contributed by atoms with Gasteiger partial charge in [-0.15, -0.1) is 0 Å². The topological polar surface area (TPSA) is 84.3 Å². The van der Waals surface area contributed by atoms with Crippen molar-refractivity contribution >= 4 is 17.3 Å². The van der Waals surface area contributed by atoms with Gasteiger partial charge in [0.15, 0.2) is 0 Å². The fraction of sp³-hybridized carbons (Fsp3) is 0.462. The van der Waals surface area contributed by atoms with E-state index in [-0.39, 0.29) is 17.6 Å². The third kappa shape index (κ3) is 3.29. The lowest BCUT2D eigenvalue weighted by molar-refractivity contribution is -0.385. The van der Waals surface area contributed by atoms with E-state index in [1.54, 1.807) is 19.1 Å². The zero-order chi connectivity index (χ0) is 13.8. The minimum absolute atomic E-state index is 0.0226. The second-order valence-corrected chi connectivity index (χ2v) is 4.75. The second kappa shape index (κ2) is 5.79. The predicted molar refractivity (Wildman–Crippen MR) is 72.1 cm³/mol. The fourth-order valence-corrected chi connectivity index (χ4v) is 2.19. The number of nitrogens with zero attached hydrogens (tertiary/aromatic N) is 1. The summed E-state index contributed by atoms with van der Waals surface area (Å²) in [7, 11) is 0. The van der Waals surface area contributed by atoms with E-state index in [1.165, 1.54) is 6.07 Å². The molecule has 0 radical (unpaired) electrons. The summed E-state index contributed by atoms with van der Waals surface area (Å²) < 4.78 is 0. The molecule has 6 heteroatoms. The highest BCUT2D eigenvalue weighted by Crippen LogP contribution is 2.22. The summed E-state index contributed by atoms with van der Waals surface area (Å²) in [4.78, 5) is 22.4. The van der Waals surface area contributed by atoms with Crippen LogP contribution in [0.2, 0.25) is 0 Å². The number of hydrogen-bond acceptors (Lipinski definition) is 4. The van der Waals surface area contributed by atoms with Gasteiger partial charge in [-0.05, 0) is 32.4 Å². The van der Waals surface area contributed by atoms with Gasteiger partial charge in [0, 0.05) is 17.3 Å². The zero-order valence-corrected chi connectivity index (χ0v) is 10.8. The van der Waals surface area contributed by atoms with Crippen LogP contribution < -0.4 is 10.6 Å². The summed E-state index contributed by atoms with van der Waals surface area (Å²) in [6.07, 6.45) is 2.92. The lowest BCUT2D eigenvalue weighted by Gasteiger charge is -2.22. The Morgan fingerprint density at radius 1 is 1.47 bits per heavy atom. The molecule has 6 nitrogen and oxygen atoms in total. The number of aryl methyl sites for hydroxylation is 1. The van der Waals surface area contributed by atoms with E-state index in [0.717, 1.165) is 25.8 Å². The standard InChI is InChI=1S/C13H17N3O3/c1-9-5-6-10(8-12(9)16(18)19)15-13(17)11-4-2-3-7-14-11/h5-6,8,11,14H,2-4,7H2,1H3,(H,15,17)/t11-/m1/s1. The second-order valence-electron chi connectivity index (χ2n) is 4.75. The van der Waals surface area contributed by atoms with Gasteiger partial charge in [-0.25, -0.2) is 0 Å². The van der Waals surface area contributed by atoms with E-state index in [9.17, 15) is 14.9 Å². The van der Waals surface area contributed by atoms with Crippen LogP contribution >= 0.6 is 0 Å². The number of hydrogen-bond donors (Lipinski definition) is 2. The first kappa shape index (κ1) is 13.5. The van der Waals surface area contributed by atoms with Crippen LogP contribution in [0, 0.1) is 17.0 Å². The Labute approximate surface area is 111 Å². The van der Waals surface area contributed by atoms with Crippen molar-refractivity contribution in [2.75, 3.05) is 11.9 Å². The van der Waals surface area contributed by atoms with Gasteiger partial charge in [-0.2, -0.15) is 0 Å². The molecule has 0 saturated carbocycles. The molecular weight excluding hydrogens is 246 g/mol. The Morgan fingerprint density at radius 2 is 2.26 bits per heavy atom. The molecule has 1 aliphatic heterocycles. The molecule has 1 heterocycles. The molecule has 0 bridgehead atoms. The van der Waals surface area contributed by atoms with Gasteiger partial charge >= 0.3 is 0 Å². The van der Waals surface area contributed by atoms with Crippen LogP contribution in [0.25, 0.3) is 0 Å². The molecule has 1 aromatic carbocycles. The highest BCUT2D eigenvalue weighted by molar-refractivity contribution is 5.95. The van der Waals surface area contributed by atoms with Gasteiger partial charge in [0.05, 0.1) is 11.0 Å². The SMILES string of the molecule is Cc1ccc(NC(=O)[C@H]2CCCCN2)cc1[N+](=O)[O-]. The van der Waals surface area contributed by atoms with Crippen molar-refractivity contribution in [2.24, 2.45) is 0 Å². The van der Waals surface area contributed by atoms with Gasteiger partial charge in [0.25, 0.3) is 5.69 Å². The van der Waals surface area contributed by atoms with Crippen LogP contribution in [0.3, 0.4) is 0 Å². The van der Waals surface area contributed by atoms with Crippen molar-refractivity contribution in [1.29, 1.82) is 0 Å². The number of piperidine rings is 1. The average Bonchev–Trinajstić information content (AvgIpc) is 2.41. The number of amides is 1.